The molecular formula is C18H19NO2. The molecular weight excluding hydrogens is 262 g/mol. The van der Waals surface area contributed by atoms with E-state index in [1.54, 1.807) is 6.07 Å². The summed E-state index contributed by atoms with van der Waals surface area (Å²) in [7, 11) is 0. The smallest absolute Gasteiger partial charge is 0.193 e. The second-order valence-corrected chi connectivity index (χ2v) is 6.28. The highest BCUT2D eigenvalue weighted by Gasteiger charge is 2.32. The van der Waals surface area contributed by atoms with Gasteiger partial charge in [-0.3, -0.25) is 4.79 Å². The first-order valence-electron chi connectivity index (χ1n) is 7.07. The van der Waals surface area contributed by atoms with Crippen LogP contribution in [0.2, 0.25) is 0 Å². The topological polar surface area (TPSA) is 52.3 Å². The number of hydrogen-bond donors (Lipinski definition) is 1. The van der Waals surface area contributed by atoms with Crippen LogP contribution in [-0.2, 0) is 5.41 Å². The van der Waals surface area contributed by atoms with Crippen LogP contribution in [0.4, 0.5) is 5.69 Å². The van der Waals surface area contributed by atoms with Gasteiger partial charge in [0.05, 0.1) is 6.61 Å². The molecule has 2 aromatic carbocycles. The SMILES string of the molecule is Cc1ccc(C(=O)c2ccc3c(c2)C(C)(C)CO3)cc1N. The van der Waals surface area contributed by atoms with Crippen molar-refractivity contribution in [1.29, 1.82) is 0 Å². The van der Waals surface area contributed by atoms with Crippen LogP contribution >= 0.6 is 0 Å². The Labute approximate surface area is 124 Å². The summed E-state index contributed by atoms with van der Waals surface area (Å²) in [5.41, 5.74) is 9.85. The highest BCUT2D eigenvalue weighted by Crippen LogP contribution is 2.39. The van der Waals surface area contributed by atoms with Crippen LogP contribution in [0.15, 0.2) is 36.4 Å². The average molecular weight is 281 g/mol. The molecule has 0 radical (unpaired) electrons. The lowest BCUT2D eigenvalue weighted by molar-refractivity contribution is 0.103. The van der Waals surface area contributed by atoms with E-state index < -0.39 is 0 Å². The fourth-order valence-corrected chi connectivity index (χ4v) is 2.61. The molecule has 1 aliphatic heterocycles. The van der Waals surface area contributed by atoms with Crippen LogP contribution in [0.3, 0.4) is 0 Å². The molecule has 3 heteroatoms. The molecule has 0 fully saturated rings. The van der Waals surface area contributed by atoms with E-state index in [1.807, 2.05) is 37.3 Å². The molecule has 0 aliphatic carbocycles. The van der Waals surface area contributed by atoms with Crippen molar-refractivity contribution < 1.29 is 9.53 Å². The maximum atomic E-state index is 12.6. The van der Waals surface area contributed by atoms with Gasteiger partial charge >= 0.3 is 0 Å². The Bertz CT molecular complexity index is 732. The van der Waals surface area contributed by atoms with E-state index >= 15 is 0 Å². The molecule has 3 nitrogen and oxygen atoms in total. The predicted molar refractivity (Wildman–Crippen MR) is 84.0 cm³/mol. The largest absolute Gasteiger partial charge is 0.492 e. The number of aryl methyl sites for hydroxylation is 1. The highest BCUT2D eigenvalue weighted by atomic mass is 16.5. The van der Waals surface area contributed by atoms with Crippen LogP contribution < -0.4 is 10.5 Å². The first kappa shape index (κ1) is 13.7. The fourth-order valence-electron chi connectivity index (χ4n) is 2.61. The zero-order valence-electron chi connectivity index (χ0n) is 12.6. The molecule has 0 unspecified atom stereocenters. The lowest BCUT2D eigenvalue weighted by atomic mass is 9.85. The molecule has 2 N–H and O–H groups in total. The number of ketones is 1. The molecule has 21 heavy (non-hydrogen) atoms. The van der Waals surface area contributed by atoms with Gasteiger partial charge in [0.2, 0.25) is 0 Å². The number of carbonyl (C=O) groups excluding carboxylic acids is 1. The molecule has 108 valence electrons. The second-order valence-electron chi connectivity index (χ2n) is 6.28. The predicted octanol–water partition coefficient (Wildman–Crippen LogP) is 3.48. The Balaban J connectivity index is 2.01. The first-order valence-corrected chi connectivity index (χ1v) is 7.07. The van der Waals surface area contributed by atoms with Crippen molar-refractivity contribution in [1.82, 2.24) is 0 Å². The minimum absolute atomic E-state index is 0.00722. The van der Waals surface area contributed by atoms with Crippen molar-refractivity contribution in [2.24, 2.45) is 0 Å². The number of anilines is 1. The lowest BCUT2D eigenvalue weighted by Gasteiger charge is -2.15. The minimum atomic E-state index is -0.0576. The van der Waals surface area contributed by atoms with E-state index in [-0.39, 0.29) is 11.2 Å². The Hall–Kier alpha value is -2.29. The van der Waals surface area contributed by atoms with Gasteiger partial charge in [-0.1, -0.05) is 26.0 Å². The number of nitrogen functional groups attached to an aromatic ring is 1. The summed E-state index contributed by atoms with van der Waals surface area (Å²) < 4.78 is 5.66. The minimum Gasteiger partial charge on any atom is -0.492 e. The molecule has 0 saturated heterocycles. The number of benzene rings is 2. The van der Waals surface area contributed by atoms with Gasteiger partial charge in [-0.15, -0.1) is 0 Å². The lowest BCUT2D eigenvalue weighted by Crippen LogP contribution is -2.18. The van der Waals surface area contributed by atoms with E-state index in [2.05, 4.69) is 13.8 Å². The fraction of sp³-hybridized carbons (Fsp3) is 0.278. The molecule has 1 aliphatic rings. The van der Waals surface area contributed by atoms with Gasteiger partial charge in [-0.05, 0) is 36.8 Å². The van der Waals surface area contributed by atoms with E-state index in [1.165, 1.54) is 0 Å². The van der Waals surface area contributed by atoms with Crippen LogP contribution in [0.1, 0.15) is 40.9 Å². The maximum absolute atomic E-state index is 12.6. The molecule has 3 rings (SSSR count). The van der Waals surface area contributed by atoms with Crippen molar-refractivity contribution in [3.8, 4) is 5.75 Å². The zero-order chi connectivity index (χ0) is 15.2. The van der Waals surface area contributed by atoms with Gasteiger partial charge in [0, 0.05) is 27.8 Å². The summed E-state index contributed by atoms with van der Waals surface area (Å²) in [6, 6.07) is 11.1. The molecule has 1 heterocycles. The Morgan fingerprint density at radius 3 is 2.52 bits per heavy atom. The number of ether oxygens (including phenoxy) is 1. The number of carbonyl (C=O) groups is 1. The molecule has 0 atom stereocenters. The third-order valence-electron chi connectivity index (χ3n) is 4.10. The van der Waals surface area contributed by atoms with Crippen molar-refractivity contribution in [3.05, 3.63) is 58.7 Å². The molecule has 2 aromatic rings. The van der Waals surface area contributed by atoms with E-state index in [0.717, 1.165) is 16.9 Å². The monoisotopic (exact) mass is 281 g/mol. The van der Waals surface area contributed by atoms with Gasteiger partial charge in [0.1, 0.15) is 5.75 Å². The average Bonchev–Trinajstić information content (AvgIpc) is 2.76. The number of rotatable bonds is 2. The van der Waals surface area contributed by atoms with Crippen molar-refractivity contribution in [2.75, 3.05) is 12.3 Å². The number of hydrogen-bond acceptors (Lipinski definition) is 3. The molecule has 0 amide bonds. The summed E-state index contributed by atoms with van der Waals surface area (Å²) in [5.74, 6) is 0.868. The van der Waals surface area contributed by atoms with Crippen molar-refractivity contribution in [2.45, 2.75) is 26.2 Å². The standard InChI is InChI=1S/C18H19NO2/c1-11-4-5-13(9-15(11)19)17(20)12-6-7-16-14(8-12)18(2,3)10-21-16/h4-9H,10,19H2,1-3H3. The normalized spacial score (nSPS) is 15.4. The van der Waals surface area contributed by atoms with E-state index in [9.17, 15) is 4.79 Å². The summed E-state index contributed by atoms with van der Waals surface area (Å²) in [6.07, 6.45) is 0. The summed E-state index contributed by atoms with van der Waals surface area (Å²) in [5, 5.41) is 0. The Morgan fingerprint density at radius 1 is 1.14 bits per heavy atom. The molecule has 0 aromatic heterocycles. The van der Waals surface area contributed by atoms with Crippen molar-refractivity contribution >= 4 is 11.5 Å². The van der Waals surface area contributed by atoms with Gasteiger partial charge < -0.3 is 10.5 Å². The quantitative estimate of drug-likeness (QED) is 0.677. The van der Waals surface area contributed by atoms with E-state index in [4.69, 9.17) is 10.5 Å². The summed E-state index contributed by atoms with van der Waals surface area (Å²) in [4.78, 5) is 12.6. The van der Waals surface area contributed by atoms with E-state index in [0.29, 0.717) is 23.4 Å². The zero-order valence-corrected chi connectivity index (χ0v) is 12.6. The molecule has 0 spiro atoms. The Kier molecular flexibility index (Phi) is 3.01. The summed E-state index contributed by atoms with van der Waals surface area (Å²) in [6.45, 7) is 6.82. The number of fused-ring (bicyclic) bond motifs is 1. The highest BCUT2D eigenvalue weighted by molar-refractivity contribution is 6.09. The van der Waals surface area contributed by atoms with Gasteiger partial charge in [-0.25, -0.2) is 0 Å². The Morgan fingerprint density at radius 2 is 1.81 bits per heavy atom. The third-order valence-corrected chi connectivity index (χ3v) is 4.10. The van der Waals surface area contributed by atoms with Crippen LogP contribution in [-0.4, -0.2) is 12.4 Å². The summed E-state index contributed by atoms with van der Waals surface area (Å²) >= 11 is 0. The maximum Gasteiger partial charge on any atom is 0.193 e. The molecule has 0 bridgehead atoms. The van der Waals surface area contributed by atoms with Gasteiger partial charge in [0.25, 0.3) is 0 Å². The van der Waals surface area contributed by atoms with Crippen LogP contribution in [0.25, 0.3) is 0 Å². The van der Waals surface area contributed by atoms with Gasteiger partial charge in [0.15, 0.2) is 5.78 Å². The van der Waals surface area contributed by atoms with Gasteiger partial charge in [-0.2, -0.15) is 0 Å². The molecule has 0 saturated carbocycles. The van der Waals surface area contributed by atoms with Crippen LogP contribution in [0, 0.1) is 6.92 Å². The first-order chi connectivity index (χ1) is 9.88. The van der Waals surface area contributed by atoms with Crippen molar-refractivity contribution in [3.63, 3.8) is 0 Å². The second kappa shape index (κ2) is 4.62. The third kappa shape index (κ3) is 2.29. The van der Waals surface area contributed by atoms with Crippen LogP contribution in [0.5, 0.6) is 5.75 Å². The number of nitrogens with two attached hydrogens (primary N) is 1.